The quantitative estimate of drug-likeness (QED) is 0.638. The van der Waals surface area contributed by atoms with E-state index in [9.17, 15) is 13.2 Å². The fourth-order valence-corrected chi connectivity index (χ4v) is 1.81. The van der Waals surface area contributed by atoms with Crippen molar-refractivity contribution in [2.75, 3.05) is 26.3 Å². The van der Waals surface area contributed by atoms with Crippen molar-refractivity contribution in [3.05, 3.63) is 0 Å². The Morgan fingerprint density at radius 3 is 2.06 bits per heavy atom. The molecule has 0 aliphatic heterocycles. The lowest BCUT2D eigenvalue weighted by Crippen LogP contribution is -2.34. The molecule has 104 valence electrons. The second-order valence-corrected chi connectivity index (χ2v) is 4.41. The van der Waals surface area contributed by atoms with Gasteiger partial charge in [-0.3, -0.25) is 0 Å². The molecule has 17 heavy (non-hydrogen) atoms. The molecule has 0 unspecified atom stereocenters. The highest BCUT2D eigenvalue weighted by atomic mass is 19.4. The molecule has 0 heterocycles. The summed E-state index contributed by atoms with van der Waals surface area (Å²) in [5, 5.41) is 3.27. The first-order valence-corrected chi connectivity index (χ1v) is 6.24. The molecule has 0 spiro atoms. The standard InChI is InChI=1S/C12H24F3NO/c1-4-11(5-2,9-16-6-3)7-8-17-10-12(13,14)15/h16H,4-10H2,1-3H3. The van der Waals surface area contributed by atoms with Crippen molar-refractivity contribution >= 4 is 0 Å². The average Bonchev–Trinajstić information content (AvgIpc) is 2.28. The van der Waals surface area contributed by atoms with Gasteiger partial charge in [0.05, 0.1) is 0 Å². The number of alkyl halides is 3. The van der Waals surface area contributed by atoms with Crippen molar-refractivity contribution < 1.29 is 17.9 Å². The second kappa shape index (κ2) is 7.93. The van der Waals surface area contributed by atoms with E-state index in [1.807, 2.05) is 6.92 Å². The summed E-state index contributed by atoms with van der Waals surface area (Å²) in [5.41, 5.74) is 0.0572. The van der Waals surface area contributed by atoms with Gasteiger partial charge in [-0.25, -0.2) is 0 Å². The molecule has 0 aliphatic rings. The van der Waals surface area contributed by atoms with Crippen LogP contribution in [-0.2, 0) is 4.74 Å². The third kappa shape index (κ3) is 7.60. The highest BCUT2D eigenvalue weighted by Gasteiger charge is 2.29. The Bertz CT molecular complexity index is 191. The molecule has 0 saturated carbocycles. The summed E-state index contributed by atoms with van der Waals surface area (Å²) in [4.78, 5) is 0. The Labute approximate surface area is 102 Å². The summed E-state index contributed by atoms with van der Waals surface area (Å²) in [7, 11) is 0. The summed E-state index contributed by atoms with van der Waals surface area (Å²) < 4.78 is 40.4. The van der Waals surface area contributed by atoms with Crippen molar-refractivity contribution in [1.29, 1.82) is 0 Å². The van der Waals surface area contributed by atoms with E-state index in [4.69, 9.17) is 0 Å². The van der Waals surface area contributed by atoms with Crippen LogP contribution in [0, 0.1) is 5.41 Å². The fourth-order valence-electron chi connectivity index (χ4n) is 1.81. The van der Waals surface area contributed by atoms with E-state index in [0.29, 0.717) is 6.42 Å². The largest absolute Gasteiger partial charge is 0.411 e. The third-order valence-electron chi connectivity index (χ3n) is 3.29. The maximum atomic E-state index is 11.9. The summed E-state index contributed by atoms with van der Waals surface area (Å²) in [6, 6.07) is 0. The molecule has 0 radical (unpaired) electrons. The molecule has 1 N–H and O–H groups in total. The normalized spacial score (nSPS) is 13.1. The Balaban J connectivity index is 3.99. The molecule has 0 bridgehead atoms. The average molecular weight is 255 g/mol. The molecule has 0 amide bonds. The Kier molecular flexibility index (Phi) is 7.79. The summed E-state index contributed by atoms with van der Waals surface area (Å²) >= 11 is 0. The van der Waals surface area contributed by atoms with Gasteiger partial charge in [-0.2, -0.15) is 13.2 Å². The van der Waals surface area contributed by atoms with Crippen LogP contribution in [0.4, 0.5) is 13.2 Å². The van der Waals surface area contributed by atoms with Gasteiger partial charge in [0, 0.05) is 13.2 Å². The van der Waals surface area contributed by atoms with Crippen molar-refractivity contribution in [1.82, 2.24) is 5.32 Å². The van der Waals surface area contributed by atoms with E-state index in [1.165, 1.54) is 0 Å². The maximum Gasteiger partial charge on any atom is 0.411 e. The summed E-state index contributed by atoms with van der Waals surface area (Å²) in [6.45, 7) is 6.92. The molecule has 0 rings (SSSR count). The molecule has 0 fully saturated rings. The van der Waals surface area contributed by atoms with Gasteiger partial charge in [0.2, 0.25) is 0 Å². The van der Waals surface area contributed by atoms with Crippen molar-refractivity contribution in [3.63, 3.8) is 0 Å². The van der Waals surface area contributed by atoms with Crippen LogP contribution in [0.2, 0.25) is 0 Å². The lowest BCUT2D eigenvalue weighted by atomic mass is 9.79. The third-order valence-corrected chi connectivity index (χ3v) is 3.29. The lowest BCUT2D eigenvalue weighted by Gasteiger charge is -2.32. The first-order chi connectivity index (χ1) is 7.89. The van der Waals surface area contributed by atoms with E-state index >= 15 is 0 Å². The zero-order valence-electron chi connectivity index (χ0n) is 11.0. The van der Waals surface area contributed by atoms with E-state index in [0.717, 1.165) is 25.9 Å². The molecule has 0 atom stereocenters. The molecule has 0 aromatic carbocycles. The molecule has 0 aromatic rings. The summed E-state index contributed by atoms with van der Waals surface area (Å²) in [6.07, 6.45) is -1.65. The number of nitrogens with one attached hydrogen (secondary N) is 1. The van der Waals surface area contributed by atoms with Gasteiger partial charge in [0.1, 0.15) is 6.61 Å². The SMILES string of the molecule is CCNCC(CC)(CC)CCOCC(F)(F)F. The van der Waals surface area contributed by atoms with Crippen LogP contribution in [0.1, 0.15) is 40.0 Å². The van der Waals surface area contributed by atoms with Crippen LogP contribution in [0.25, 0.3) is 0 Å². The van der Waals surface area contributed by atoms with E-state index in [2.05, 4.69) is 23.9 Å². The topological polar surface area (TPSA) is 21.3 Å². The molecule has 2 nitrogen and oxygen atoms in total. The molecule has 0 aromatic heterocycles. The summed E-state index contributed by atoms with van der Waals surface area (Å²) in [5.74, 6) is 0. The Hall–Kier alpha value is -0.290. The number of rotatable bonds is 9. The van der Waals surface area contributed by atoms with Crippen molar-refractivity contribution in [2.45, 2.75) is 46.2 Å². The van der Waals surface area contributed by atoms with Crippen LogP contribution in [0.5, 0.6) is 0 Å². The number of hydrogen-bond acceptors (Lipinski definition) is 2. The Morgan fingerprint density at radius 2 is 1.65 bits per heavy atom. The zero-order valence-corrected chi connectivity index (χ0v) is 11.0. The number of hydrogen-bond donors (Lipinski definition) is 1. The van der Waals surface area contributed by atoms with Gasteiger partial charge in [-0.05, 0) is 31.2 Å². The molecule has 0 saturated heterocycles. The Morgan fingerprint density at radius 1 is 1.06 bits per heavy atom. The lowest BCUT2D eigenvalue weighted by molar-refractivity contribution is -0.175. The van der Waals surface area contributed by atoms with Crippen molar-refractivity contribution in [3.8, 4) is 0 Å². The predicted octanol–water partition coefficient (Wildman–Crippen LogP) is 3.37. The smallest absolute Gasteiger partial charge is 0.372 e. The van der Waals surface area contributed by atoms with Crippen LogP contribution in [0.3, 0.4) is 0 Å². The van der Waals surface area contributed by atoms with E-state index in [1.54, 1.807) is 0 Å². The molecular weight excluding hydrogens is 231 g/mol. The van der Waals surface area contributed by atoms with Crippen LogP contribution >= 0.6 is 0 Å². The highest BCUT2D eigenvalue weighted by Crippen LogP contribution is 2.30. The first kappa shape index (κ1) is 16.7. The highest BCUT2D eigenvalue weighted by molar-refractivity contribution is 4.78. The predicted molar refractivity (Wildman–Crippen MR) is 63.0 cm³/mol. The minimum absolute atomic E-state index is 0.0572. The number of halogens is 3. The van der Waals surface area contributed by atoms with Gasteiger partial charge in [0.25, 0.3) is 0 Å². The van der Waals surface area contributed by atoms with Crippen LogP contribution in [0.15, 0.2) is 0 Å². The minimum atomic E-state index is -4.22. The van der Waals surface area contributed by atoms with Gasteiger partial charge in [-0.15, -0.1) is 0 Å². The minimum Gasteiger partial charge on any atom is -0.372 e. The maximum absolute atomic E-state index is 11.9. The van der Waals surface area contributed by atoms with Crippen LogP contribution < -0.4 is 5.32 Å². The van der Waals surface area contributed by atoms with Gasteiger partial charge in [0.15, 0.2) is 0 Å². The first-order valence-electron chi connectivity index (χ1n) is 6.24. The van der Waals surface area contributed by atoms with E-state index in [-0.39, 0.29) is 12.0 Å². The van der Waals surface area contributed by atoms with E-state index < -0.39 is 12.8 Å². The van der Waals surface area contributed by atoms with Gasteiger partial charge < -0.3 is 10.1 Å². The van der Waals surface area contributed by atoms with Crippen LogP contribution in [-0.4, -0.2) is 32.5 Å². The fraction of sp³-hybridized carbons (Fsp3) is 1.00. The molecular formula is C12H24F3NO. The van der Waals surface area contributed by atoms with Gasteiger partial charge >= 0.3 is 6.18 Å². The zero-order chi connectivity index (χ0) is 13.4. The number of ether oxygens (including phenoxy) is 1. The second-order valence-electron chi connectivity index (χ2n) is 4.41. The van der Waals surface area contributed by atoms with Gasteiger partial charge in [-0.1, -0.05) is 20.8 Å². The molecule has 0 aliphatic carbocycles. The molecule has 5 heteroatoms. The van der Waals surface area contributed by atoms with Crippen molar-refractivity contribution in [2.24, 2.45) is 5.41 Å². The monoisotopic (exact) mass is 255 g/mol.